The third kappa shape index (κ3) is 4.70. The van der Waals surface area contributed by atoms with Crippen LogP contribution in [-0.4, -0.2) is 18.7 Å². The summed E-state index contributed by atoms with van der Waals surface area (Å²) in [5, 5.41) is 3.63. The average molecular weight is 293 g/mol. The Balaban J connectivity index is 1.74. The summed E-state index contributed by atoms with van der Waals surface area (Å²) >= 11 is 0. The molecule has 0 radical (unpaired) electrons. The van der Waals surface area contributed by atoms with Gasteiger partial charge in [-0.05, 0) is 56.3 Å². The van der Waals surface area contributed by atoms with Gasteiger partial charge in [0.1, 0.15) is 17.7 Å². The summed E-state index contributed by atoms with van der Waals surface area (Å²) < 4.78 is 19.1. The molecule has 0 saturated carbocycles. The first-order valence-corrected chi connectivity index (χ1v) is 8.28. The fraction of sp³-hybridized carbons (Fsp3) is 0.667. The molecule has 2 nitrogen and oxygen atoms in total. The van der Waals surface area contributed by atoms with Gasteiger partial charge in [0.25, 0.3) is 0 Å². The summed E-state index contributed by atoms with van der Waals surface area (Å²) in [5.41, 5.74) is 1.02. The Kier molecular flexibility index (Phi) is 6.04. The first kappa shape index (κ1) is 16.3. The highest BCUT2D eigenvalue weighted by Gasteiger charge is 2.23. The van der Waals surface area contributed by atoms with Crippen LogP contribution in [0.3, 0.4) is 0 Å². The smallest absolute Gasteiger partial charge is 0.123 e. The third-order valence-electron chi connectivity index (χ3n) is 4.27. The van der Waals surface area contributed by atoms with Crippen molar-refractivity contribution in [2.45, 2.75) is 65.0 Å². The summed E-state index contributed by atoms with van der Waals surface area (Å²) in [6, 6.07) is 5.43. The maximum atomic E-state index is 13.2. The van der Waals surface area contributed by atoms with E-state index in [-0.39, 0.29) is 11.9 Å². The number of ether oxygens (including phenoxy) is 1. The van der Waals surface area contributed by atoms with Gasteiger partial charge in [0, 0.05) is 18.0 Å². The fourth-order valence-electron chi connectivity index (χ4n) is 3.02. The largest absolute Gasteiger partial charge is 0.490 e. The Bertz CT molecular complexity index is 447. The lowest BCUT2D eigenvalue weighted by molar-refractivity contribution is 0.212. The second kappa shape index (κ2) is 7.79. The molecule has 1 aliphatic heterocycles. The lowest BCUT2D eigenvalue weighted by Crippen LogP contribution is -2.34. The SMILES string of the molecule is CCCNC(CCCC1Cc2cc(F)ccc2O1)C(C)C. The molecule has 3 heteroatoms. The zero-order valence-corrected chi connectivity index (χ0v) is 13.5. The highest BCUT2D eigenvalue weighted by atomic mass is 19.1. The molecule has 0 spiro atoms. The monoisotopic (exact) mass is 293 g/mol. The van der Waals surface area contributed by atoms with Crippen LogP contribution in [0.1, 0.15) is 52.0 Å². The lowest BCUT2D eigenvalue weighted by atomic mass is 9.96. The van der Waals surface area contributed by atoms with E-state index in [1.807, 2.05) is 0 Å². The Morgan fingerprint density at radius 3 is 2.90 bits per heavy atom. The number of nitrogens with one attached hydrogen (secondary N) is 1. The maximum Gasteiger partial charge on any atom is 0.123 e. The number of fused-ring (bicyclic) bond motifs is 1. The normalized spacial score (nSPS) is 18.6. The molecule has 118 valence electrons. The van der Waals surface area contributed by atoms with Gasteiger partial charge < -0.3 is 10.1 Å². The van der Waals surface area contributed by atoms with Crippen molar-refractivity contribution in [1.29, 1.82) is 0 Å². The molecule has 0 aromatic heterocycles. The van der Waals surface area contributed by atoms with Crippen LogP contribution >= 0.6 is 0 Å². The van der Waals surface area contributed by atoms with E-state index in [2.05, 4.69) is 26.1 Å². The van der Waals surface area contributed by atoms with Gasteiger partial charge in [0.15, 0.2) is 0 Å². The van der Waals surface area contributed by atoms with E-state index in [4.69, 9.17) is 4.74 Å². The Hall–Kier alpha value is -1.09. The van der Waals surface area contributed by atoms with Gasteiger partial charge >= 0.3 is 0 Å². The molecule has 1 aromatic rings. The molecule has 2 unspecified atom stereocenters. The van der Waals surface area contributed by atoms with Crippen molar-refractivity contribution in [1.82, 2.24) is 5.32 Å². The predicted molar refractivity (Wildman–Crippen MR) is 85.3 cm³/mol. The third-order valence-corrected chi connectivity index (χ3v) is 4.27. The van der Waals surface area contributed by atoms with E-state index in [1.165, 1.54) is 18.9 Å². The Morgan fingerprint density at radius 1 is 1.38 bits per heavy atom. The molecule has 1 aliphatic rings. The number of benzene rings is 1. The van der Waals surface area contributed by atoms with Gasteiger partial charge in [0.2, 0.25) is 0 Å². The predicted octanol–water partition coefficient (Wildman–Crippen LogP) is 4.32. The van der Waals surface area contributed by atoms with E-state index < -0.39 is 0 Å². The lowest BCUT2D eigenvalue weighted by Gasteiger charge is -2.23. The molecular formula is C18H28FNO. The molecule has 2 rings (SSSR count). The van der Waals surface area contributed by atoms with E-state index in [9.17, 15) is 4.39 Å². The minimum atomic E-state index is -0.165. The minimum absolute atomic E-state index is 0.165. The molecular weight excluding hydrogens is 265 g/mol. The molecule has 1 aromatic carbocycles. The van der Waals surface area contributed by atoms with Crippen LogP contribution in [0.5, 0.6) is 5.75 Å². The van der Waals surface area contributed by atoms with Crippen molar-refractivity contribution in [3.63, 3.8) is 0 Å². The first-order valence-electron chi connectivity index (χ1n) is 8.28. The van der Waals surface area contributed by atoms with Gasteiger partial charge in [-0.25, -0.2) is 4.39 Å². The van der Waals surface area contributed by atoms with Gasteiger partial charge in [-0.1, -0.05) is 20.8 Å². The summed E-state index contributed by atoms with van der Waals surface area (Å²) in [6.45, 7) is 7.84. The fourth-order valence-corrected chi connectivity index (χ4v) is 3.02. The molecule has 2 atom stereocenters. The zero-order chi connectivity index (χ0) is 15.2. The van der Waals surface area contributed by atoms with Gasteiger partial charge in [-0.3, -0.25) is 0 Å². The van der Waals surface area contributed by atoms with Gasteiger partial charge in [-0.15, -0.1) is 0 Å². The summed E-state index contributed by atoms with van der Waals surface area (Å²) in [4.78, 5) is 0. The minimum Gasteiger partial charge on any atom is -0.490 e. The quantitative estimate of drug-likeness (QED) is 0.770. The molecule has 0 amide bonds. The number of halogens is 1. The molecule has 1 N–H and O–H groups in total. The summed E-state index contributed by atoms with van der Waals surface area (Å²) in [5.74, 6) is 1.36. The van der Waals surface area contributed by atoms with E-state index >= 15 is 0 Å². The van der Waals surface area contributed by atoms with E-state index in [1.54, 1.807) is 12.1 Å². The van der Waals surface area contributed by atoms with Crippen LogP contribution in [0, 0.1) is 11.7 Å². The van der Waals surface area contributed by atoms with Crippen molar-refractivity contribution in [3.05, 3.63) is 29.6 Å². The molecule has 0 saturated heterocycles. The molecule has 0 aliphatic carbocycles. The van der Waals surface area contributed by atoms with Crippen molar-refractivity contribution in [3.8, 4) is 5.75 Å². The standard InChI is InChI=1S/C18H28FNO/c1-4-10-20-17(13(2)3)7-5-6-16-12-14-11-15(19)8-9-18(14)21-16/h8-9,11,13,16-17,20H,4-7,10,12H2,1-3H3. The number of rotatable bonds is 8. The summed E-state index contributed by atoms with van der Waals surface area (Å²) in [7, 11) is 0. The second-order valence-electron chi connectivity index (χ2n) is 6.43. The average Bonchev–Trinajstić information content (AvgIpc) is 2.83. The van der Waals surface area contributed by atoms with Gasteiger partial charge in [-0.2, -0.15) is 0 Å². The van der Waals surface area contributed by atoms with E-state index in [0.717, 1.165) is 37.1 Å². The topological polar surface area (TPSA) is 21.3 Å². The highest BCUT2D eigenvalue weighted by molar-refractivity contribution is 5.37. The van der Waals surface area contributed by atoms with Crippen LogP contribution in [0.25, 0.3) is 0 Å². The first-order chi connectivity index (χ1) is 10.1. The van der Waals surface area contributed by atoms with Crippen LogP contribution in [0.2, 0.25) is 0 Å². The van der Waals surface area contributed by atoms with Crippen molar-refractivity contribution in [2.24, 2.45) is 5.92 Å². The summed E-state index contributed by atoms with van der Waals surface area (Å²) in [6.07, 6.45) is 5.63. The van der Waals surface area contributed by atoms with Crippen molar-refractivity contribution < 1.29 is 9.13 Å². The molecule has 21 heavy (non-hydrogen) atoms. The molecule has 0 bridgehead atoms. The van der Waals surface area contributed by atoms with Gasteiger partial charge in [0.05, 0.1) is 0 Å². The van der Waals surface area contributed by atoms with Crippen LogP contribution in [0.4, 0.5) is 4.39 Å². The number of hydrogen-bond donors (Lipinski definition) is 1. The Morgan fingerprint density at radius 2 is 2.19 bits per heavy atom. The Labute approximate surface area is 128 Å². The van der Waals surface area contributed by atoms with Crippen LogP contribution in [-0.2, 0) is 6.42 Å². The van der Waals surface area contributed by atoms with Crippen molar-refractivity contribution in [2.75, 3.05) is 6.54 Å². The van der Waals surface area contributed by atoms with Crippen LogP contribution < -0.4 is 10.1 Å². The van der Waals surface area contributed by atoms with E-state index in [0.29, 0.717) is 12.0 Å². The van der Waals surface area contributed by atoms with Crippen LogP contribution in [0.15, 0.2) is 18.2 Å². The maximum absolute atomic E-state index is 13.2. The number of hydrogen-bond acceptors (Lipinski definition) is 2. The molecule has 1 heterocycles. The second-order valence-corrected chi connectivity index (χ2v) is 6.43. The molecule has 0 fully saturated rings. The highest BCUT2D eigenvalue weighted by Crippen LogP contribution is 2.31. The zero-order valence-electron chi connectivity index (χ0n) is 13.5. The van der Waals surface area contributed by atoms with Crippen molar-refractivity contribution >= 4 is 0 Å².